The number of unbranched alkanes of at least 4 members (excludes halogenated alkanes) is 7. The summed E-state index contributed by atoms with van der Waals surface area (Å²) in [5, 5.41) is 0. The van der Waals surface area contributed by atoms with Gasteiger partial charge >= 0.3 is 0 Å². The van der Waals surface area contributed by atoms with Crippen molar-refractivity contribution in [1.82, 2.24) is 0 Å². The topological polar surface area (TPSA) is 13.1 Å². The maximum Gasteiger partial charge on any atom is 0.129 e. The SMILES string of the molecule is C=C(CCCCCCCCCC)c1ccco1. The molecule has 17 heavy (non-hydrogen) atoms. The van der Waals surface area contributed by atoms with Gasteiger partial charge in [-0.15, -0.1) is 0 Å². The van der Waals surface area contributed by atoms with Gasteiger partial charge in [-0.3, -0.25) is 0 Å². The summed E-state index contributed by atoms with van der Waals surface area (Å²) < 4.78 is 5.32. The van der Waals surface area contributed by atoms with Crippen molar-refractivity contribution in [2.24, 2.45) is 0 Å². The van der Waals surface area contributed by atoms with Crippen molar-refractivity contribution in [2.75, 3.05) is 0 Å². The molecule has 96 valence electrons. The zero-order valence-electron chi connectivity index (χ0n) is 11.2. The second-order valence-electron chi connectivity index (χ2n) is 4.81. The highest BCUT2D eigenvalue weighted by Crippen LogP contribution is 2.20. The highest BCUT2D eigenvalue weighted by Gasteiger charge is 2.01. The summed E-state index contributed by atoms with van der Waals surface area (Å²) >= 11 is 0. The molecule has 0 radical (unpaired) electrons. The zero-order valence-corrected chi connectivity index (χ0v) is 11.2. The molecule has 1 heteroatoms. The standard InChI is InChI=1S/C16H26O/c1-3-4-5-6-7-8-9-10-12-15(2)16-13-11-14-17-16/h11,13-14H,2-10,12H2,1H3. The van der Waals surface area contributed by atoms with Crippen LogP contribution in [0.5, 0.6) is 0 Å². The van der Waals surface area contributed by atoms with Crippen LogP contribution in [0, 0.1) is 0 Å². The molecule has 0 bridgehead atoms. The Morgan fingerprint density at radius 3 is 2.29 bits per heavy atom. The first kappa shape index (κ1) is 14.1. The molecule has 0 aliphatic carbocycles. The van der Waals surface area contributed by atoms with Gasteiger partial charge in [0.15, 0.2) is 0 Å². The summed E-state index contributed by atoms with van der Waals surface area (Å²) in [5.41, 5.74) is 1.14. The van der Waals surface area contributed by atoms with Gasteiger partial charge in [-0.2, -0.15) is 0 Å². The number of furan rings is 1. The molecule has 0 aliphatic rings. The molecular formula is C16H26O. The molecule has 1 aromatic rings. The molecule has 1 heterocycles. The first-order chi connectivity index (χ1) is 8.34. The molecule has 0 atom stereocenters. The van der Waals surface area contributed by atoms with E-state index >= 15 is 0 Å². The zero-order chi connectivity index (χ0) is 12.3. The van der Waals surface area contributed by atoms with Crippen LogP contribution in [0.4, 0.5) is 0 Å². The highest BCUT2D eigenvalue weighted by molar-refractivity contribution is 5.58. The summed E-state index contributed by atoms with van der Waals surface area (Å²) in [6.07, 6.45) is 13.7. The Labute approximate surface area is 106 Å². The van der Waals surface area contributed by atoms with Crippen molar-refractivity contribution < 1.29 is 4.42 Å². The Kier molecular flexibility index (Phi) is 7.53. The van der Waals surface area contributed by atoms with Crippen molar-refractivity contribution in [3.8, 4) is 0 Å². The molecule has 0 fully saturated rings. The van der Waals surface area contributed by atoms with Gasteiger partial charge in [0.25, 0.3) is 0 Å². The van der Waals surface area contributed by atoms with Gasteiger partial charge in [0, 0.05) is 0 Å². The van der Waals surface area contributed by atoms with E-state index in [-0.39, 0.29) is 0 Å². The van der Waals surface area contributed by atoms with Crippen LogP contribution < -0.4 is 0 Å². The maximum atomic E-state index is 5.32. The molecule has 1 nitrogen and oxygen atoms in total. The number of allylic oxidation sites excluding steroid dienone is 1. The minimum atomic E-state index is 0.952. The van der Waals surface area contributed by atoms with E-state index in [1.807, 2.05) is 12.1 Å². The lowest BCUT2D eigenvalue weighted by Gasteiger charge is -2.03. The Hall–Kier alpha value is -0.980. The van der Waals surface area contributed by atoms with Gasteiger partial charge in [0.2, 0.25) is 0 Å². The van der Waals surface area contributed by atoms with Crippen LogP contribution in [0.2, 0.25) is 0 Å². The third-order valence-electron chi connectivity index (χ3n) is 3.20. The summed E-state index contributed by atoms with van der Waals surface area (Å²) in [5.74, 6) is 0.952. The van der Waals surface area contributed by atoms with Gasteiger partial charge in [-0.25, -0.2) is 0 Å². The third kappa shape index (κ3) is 6.35. The molecule has 0 aromatic carbocycles. The number of hydrogen-bond donors (Lipinski definition) is 0. The van der Waals surface area contributed by atoms with Crippen LogP contribution in [0.25, 0.3) is 5.57 Å². The lowest BCUT2D eigenvalue weighted by Crippen LogP contribution is -1.83. The summed E-state index contributed by atoms with van der Waals surface area (Å²) in [7, 11) is 0. The second-order valence-corrected chi connectivity index (χ2v) is 4.81. The smallest absolute Gasteiger partial charge is 0.129 e. The van der Waals surface area contributed by atoms with Gasteiger partial charge in [-0.05, 0) is 30.5 Å². The first-order valence-electron chi connectivity index (χ1n) is 7.06. The molecule has 0 saturated carbocycles. The Morgan fingerprint density at radius 2 is 1.71 bits per heavy atom. The molecule has 0 saturated heterocycles. The van der Waals surface area contributed by atoms with Gasteiger partial charge in [-0.1, -0.05) is 58.4 Å². The van der Waals surface area contributed by atoms with Crippen molar-refractivity contribution in [3.05, 3.63) is 30.7 Å². The predicted octanol–water partition coefficient (Wildman–Crippen LogP) is 5.82. The Morgan fingerprint density at radius 1 is 1.06 bits per heavy atom. The van der Waals surface area contributed by atoms with E-state index in [0.29, 0.717) is 0 Å². The van der Waals surface area contributed by atoms with Gasteiger partial charge in [0.1, 0.15) is 5.76 Å². The van der Waals surface area contributed by atoms with E-state index < -0.39 is 0 Å². The number of rotatable bonds is 10. The number of hydrogen-bond acceptors (Lipinski definition) is 1. The van der Waals surface area contributed by atoms with E-state index in [0.717, 1.165) is 17.8 Å². The van der Waals surface area contributed by atoms with E-state index in [1.165, 1.54) is 51.4 Å². The molecule has 0 aliphatic heterocycles. The van der Waals surface area contributed by atoms with Crippen molar-refractivity contribution in [3.63, 3.8) is 0 Å². The lowest BCUT2D eigenvalue weighted by molar-refractivity contribution is 0.545. The van der Waals surface area contributed by atoms with E-state index in [1.54, 1.807) is 6.26 Å². The summed E-state index contributed by atoms with van der Waals surface area (Å²) in [4.78, 5) is 0. The molecule has 1 aromatic heterocycles. The minimum Gasteiger partial charge on any atom is -0.465 e. The van der Waals surface area contributed by atoms with Gasteiger partial charge < -0.3 is 4.42 Å². The quantitative estimate of drug-likeness (QED) is 0.465. The summed E-state index contributed by atoms with van der Waals surface area (Å²) in [6.45, 7) is 6.33. The van der Waals surface area contributed by atoms with Crippen LogP contribution in [0.15, 0.2) is 29.4 Å². The minimum absolute atomic E-state index is 0.952. The van der Waals surface area contributed by atoms with Crippen molar-refractivity contribution in [2.45, 2.75) is 64.7 Å². The van der Waals surface area contributed by atoms with Crippen LogP contribution >= 0.6 is 0 Å². The fraction of sp³-hybridized carbons (Fsp3) is 0.625. The van der Waals surface area contributed by atoms with Crippen LogP contribution in [-0.2, 0) is 0 Å². The molecule has 0 unspecified atom stereocenters. The van der Waals surface area contributed by atoms with E-state index in [9.17, 15) is 0 Å². The molecule has 0 spiro atoms. The fourth-order valence-corrected chi connectivity index (χ4v) is 2.08. The highest BCUT2D eigenvalue weighted by atomic mass is 16.3. The third-order valence-corrected chi connectivity index (χ3v) is 3.20. The van der Waals surface area contributed by atoms with Crippen LogP contribution in [-0.4, -0.2) is 0 Å². The molecule has 0 amide bonds. The first-order valence-corrected chi connectivity index (χ1v) is 7.06. The van der Waals surface area contributed by atoms with E-state index in [2.05, 4.69) is 13.5 Å². The van der Waals surface area contributed by atoms with Gasteiger partial charge in [0.05, 0.1) is 6.26 Å². The van der Waals surface area contributed by atoms with Crippen molar-refractivity contribution in [1.29, 1.82) is 0 Å². The Bertz CT molecular complexity index is 284. The van der Waals surface area contributed by atoms with Crippen molar-refractivity contribution >= 4 is 5.57 Å². The fourth-order valence-electron chi connectivity index (χ4n) is 2.08. The summed E-state index contributed by atoms with van der Waals surface area (Å²) in [6, 6.07) is 3.92. The largest absolute Gasteiger partial charge is 0.465 e. The predicted molar refractivity (Wildman–Crippen MR) is 75.0 cm³/mol. The average molecular weight is 234 g/mol. The average Bonchev–Trinajstić information content (AvgIpc) is 2.86. The lowest BCUT2D eigenvalue weighted by atomic mass is 10.0. The van der Waals surface area contributed by atoms with Crippen LogP contribution in [0.1, 0.15) is 70.5 Å². The molecule has 0 N–H and O–H groups in total. The van der Waals surface area contributed by atoms with Crippen LogP contribution in [0.3, 0.4) is 0 Å². The Balaban J connectivity index is 1.92. The van der Waals surface area contributed by atoms with E-state index in [4.69, 9.17) is 4.42 Å². The molecular weight excluding hydrogens is 208 g/mol. The normalized spacial score (nSPS) is 10.6. The maximum absolute atomic E-state index is 5.32. The second kappa shape index (κ2) is 9.09. The molecule has 1 rings (SSSR count). The monoisotopic (exact) mass is 234 g/mol.